The zero-order valence-electron chi connectivity index (χ0n) is 11.3. The highest BCUT2D eigenvalue weighted by atomic mass is 32.1. The summed E-state index contributed by atoms with van der Waals surface area (Å²) in [5.74, 6) is -0.181. The van der Waals surface area contributed by atoms with Crippen molar-refractivity contribution in [3.05, 3.63) is 34.6 Å². The predicted octanol–water partition coefficient (Wildman–Crippen LogP) is 2.16. The predicted molar refractivity (Wildman–Crippen MR) is 74.4 cm³/mol. The number of amides is 1. The summed E-state index contributed by atoms with van der Waals surface area (Å²) in [4.78, 5) is 20.9. The number of aromatic nitrogens is 2. The fourth-order valence-corrected chi connectivity index (χ4v) is 2.74. The molecule has 6 heteroatoms. The van der Waals surface area contributed by atoms with Crippen LogP contribution < -0.4 is 5.48 Å². The minimum Gasteiger partial charge on any atom is -0.295 e. The van der Waals surface area contributed by atoms with E-state index in [1.165, 1.54) is 11.3 Å². The molecule has 0 aliphatic rings. The summed E-state index contributed by atoms with van der Waals surface area (Å²) in [6, 6.07) is 4.11. The van der Waals surface area contributed by atoms with Crippen LogP contribution >= 0.6 is 11.3 Å². The van der Waals surface area contributed by atoms with Crippen molar-refractivity contribution in [2.24, 2.45) is 0 Å². The second-order valence-electron chi connectivity index (χ2n) is 4.21. The van der Waals surface area contributed by atoms with Crippen LogP contribution in [0.15, 0.2) is 17.5 Å². The minimum absolute atomic E-state index is 0.181. The van der Waals surface area contributed by atoms with Crippen LogP contribution in [0.25, 0.3) is 5.13 Å². The van der Waals surface area contributed by atoms with Gasteiger partial charge in [-0.25, -0.2) is 10.5 Å². The Bertz CT molecular complexity index is 555. The summed E-state index contributed by atoms with van der Waals surface area (Å²) in [5.41, 5.74) is 5.39. The molecule has 1 N–H and O–H groups in total. The van der Waals surface area contributed by atoms with Gasteiger partial charge in [0.2, 0.25) is 5.91 Å². The van der Waals surface area contributed by atoms with E-state index in [1.54, 1.807) is 0 Å². The zero-order valence-corrected chi connectivity index (χ0v) is 12.1. The van der Waals surface area contributed by atoms with Gasteiger partial charge in [-0.15, -0.1) is 11.3 Å². The number of carbonyl (C=O) groups excluding carboxylic acids is 1. The van der Waals surface area contributed by atoms with Crippen LogP contribution in [0.1, 0.15) is 24.0 Å². The van der Waals surface area contributed by atoms with E-state index in [4.69, 9.17) is 4.84 Å². The fourth-order valence-electron chi connectivity index (χ4n) is 1.80. The van der Waals surface area contributed by atoms with Crippen LogP contribution in [0, 0.1) is 13.8 Å². The number of rotatable bonds is 5. The van der Waals surface area contributed by atoms with Crippen LogP contribution in [0.2, 0.25) is 0 Å². The average molecular weight is 279 g/mol. The molecule has 0 saturated heterocycles. The molecule has 0 aliphatic heterocycles. The summed E-state index contributed by atoms with van der Waals surface area (Å²) in [6.07, 6.45) is 0.232. The third-order valence-electron chi connectivity index (χ3n) is 2.67. The molecule has 0 saturated carbocycles. The molecule has 2 heterocycles. The molecule has 0 aliphatic carbocycles. The average Bonchev–Trinajstić information content (AvgIpc) is 2.94. The number of aryl methyl sites for hydroxylation is 2. The number of carbonyl (C=O) groups is 1. The van der Waals surface area contributed by atoms with E-state index in [9.17, 15) is 4.79 Å². The summed E-state index contributed by atoms with van der Waals surface area (Å²) in [6.45, 7) is 6.35. The summed E-state index contributed by atoms with van der Waals surface area (Å²) >= 11 is 1.53. The summed E-state index contributed by atoms with van der Waals surface area (Å²) < 4.78 is 2.08. The van der Waals surface area contributed by atoms with Gasteiger partial charge in [-0.1, -0.05) is 0 Å². The van der Waals surface area contributed by atoms with Crippen molar-refractivity contribution >= 4 is 17.2 Å². The molecule has 0 spiro atoms. The molecule has 0 bridgehead atoms. The van der Waals surface area contributed by atoms with Gasteiger partial charge in [-0.3, -0.25) is 14.2 Å². The summed E-state index contributed by atoms with van der Waals surface area (Å²) in [7, 11) is 0. The molecule has 0 atom stereocenters. The van der Waals surface area contributed by atoms with Crippen molar-refractivity contribution in [2.45, 2.75) is 27.2 Å². The molecule has 0 unspecified atom stereocenters. The highest BCUT2D eigenvalue weighted by Gasteiger charge is 2.11. The molecule has 5 nitrogen and oxygen atoms in total. The van der Waals surface area contributed by atoms with Crippen LogP contribution in [-0.2, 0) is 16.1 Å². The van der Waals surface area contributed by atoms with E-state index >= 15 is 0 Å². The van der Waals surface area contributed by atoms with Crippen LogP contribution in [-0.4, -0.2) is 22.1 Å². The van der Waals surface area contributed by atoms with E-state index in [-0.39, 0.29) is 12.3 Å². The first-order valence-electron chi connectivity index (χ1n) is 6.12. The van der Waals surface area contributed by atoms with Gasteiger partial charge < -0.3 is 0 Å². The van der Waals surface area contributed by atoms with E-state index in [0.29, 0.717) is 6.61 Å². The molecule has 2 aromatic heterocycles. The van der Waals surface area contributed by atoms with Gasteiger partial charge in [0.1, 0.15) is 0 Å². The molecule has 0 fully saturated rings. The number of hydrogen-bond acceptors (Lipinski definition) is 4. The largest absolute Gasteiger partial charge is 0.295 e. The van der Waals surface area contributed by atoms with Crippen molar-refractivity contribution < 1.29 is 9.63 Å². The lowest BCUT2D eigenvalue weighted by atomic mass is 10.3. The topological polar surface area (TPSA) is 56.1 Å². The Labute approximate surface area is 116 Å². The molecule has 19 heavy (non-hydrogen) atoms. The Morgan fingerprint density at radius 2 is 2.11 bits per heavy atom. The normalized spacial score (nSPS) is 10.7. The molecular formula is C13H17N3O2S. The first-order valence-corrected chi connectivity index (χ1v) is 7.00. The molecule has 2 rings (SSSR count). The lowest BCUT2D eigenvalue weighted by Gasteiger charge is -2.04. The van der Waals surface area contributed by atoms with Gasteiger partial charge in [-0.05, 0) is 32.9 Å². The highest BCUT2D eigenvalue weighted by Crippen LogP contribution is 2.20. The van der Waals surface area contributed by atoms with Crippen molar-refractivity contribution in [3.8, 4) is 5.13 Å². The van der Waals surface area contributed by atoms with Crippen molar-refractivity contribution in [3.63, 3.8) is 0 Å². The quantitative estimate of drug-likeness (QED) is 0.853. The molecule has 102 valence electrons. The van der Waals surface area contributed by atoms with Crippen LogP contribution in [0.4, 0.5) is 0 Å². The van der Waals surface area contributed by atoms with Gasteiger partial charge >= 0.3 is 0 Å². The van der Waals surface area contributed by atoms with E-state index in [1.807, 2.05) is 26.2 Å². The number of thiazole rings is 1. The lowest BCUT2D eigenvalue weighted by Crippen LogP contribution is -2.25. The molecular weight excluding hydrogens is 262 g/mol. The Hall–Kier alpha value is -1.66. The number of nitrogens with one attached hydrogen (secondary N) is 1. The summed E-state index contributed by atoms with van der Waals surface area (Å²) in [5, 5.41) is 2.79. The molecule has 1 amide bonds. The Kier molecular flexibility index (Phi) is 4.34. The van der Waals surface area contributed by atoms with E-state index in [0.717, 1.165) is 22.2 Å². The number of nitrogens with zero attached hydrogens (tertiary/aromatic N) is 2. The van der Waals surface area contributed by atoms with E-state index < -0.39 is 0 Å². The Morgan fingerprint density at radius 3 is 2.74 bits per heavy atom. The Balaban J connectivity index is 2.09. The second kappa shape index (κ2) is 5.99. The van der Waals surface area contributed by atoms with Gasteiger partial charge in [0.05, 0.1) is 18.7 Å². The third-order valence-corrected chi connectivity index (χ3v) is 3.55. The standard InChI is InChI=1S/C13H17N3O2S/c1-4-18-15-12(17)7-11-8-19-13(14-11)16-9(2)5-6-10(16)3/h5-6,8H,4,7H2,1-3H3,(H,15,17). The van der Waals surface area contributed by atoms with Crippen molar-refractivity contribution in [2.75, 3.05) is 6.61 Å². The molecule has 0 aromatic carbocycles. The monoisotopic (exact) mass is 279 g/mol. The maximum Gasteiger partial charge on any atom is 0.249 e. The Morgan fingerprint density at radius 1 is 1.42 bits per heavy atom. The molecule has 2 aromatic rings. The van der Waals surface area contributed by atoms with E-state index in [2.05, 4.69) is 27.2 Å². The maximum atomic E-state index is 11.5. The fraction of sp³-hybridized carbons (Fsp3) is 0.385. The lowest BCUT2D eigenvalue weighted by molar-refractivity contribution is -0.132. The zero-order chi connectivity index (χ0) is 13.8. The number of hydroxylamine groups is 1. The first kappa shape index (κ1) is 13.8. The maximum absolute atomic E-state index is 11.5. The van der Waals surface area contributed by atoms with Crippen LogP contribution in [0.5, 0.6) is 0 Å². The third kappa shape index (κ3) is 3.21. The number of hydrogen-bond donors (Lipinski definition) is 1. The van der Waals surface area contributed by atoms with Gasteiger partial charge in [0, 0.05) is 16.8 Å². The highest BCUT2D eigenvalue weighted by molar-refractivity contribution is 7.12. The van der Waals surface area contributed by atoms with Gasteiger partial charge in [0.25, 0.3) is 0 Å². The second-order valence-corrected chi connectivity index (χ2v) is 5.04. The van der Waals surface area contributed by atoms with Crippen molar-refractivity contribution in [1.29, 1.82) is 0 Å². The minimum atomic E-state index is -0.181. The van der Waals surface area contributed by atoms with Crippen molar-refractivity contribution in [1.82, 2.24) is 15.0 Å². The molecule has 0 radical (unpaired) electrons. The van der Waals surface area contributed by atoms with Crippen LogP contribution in [0.3, 0.4) is 0 Å². The van der Waals surface area contributed by atoms with Gasteiger partial charge in [0.15, 0.2) is 5.13 Å². The first-order chi connectivity index (χ1) is 9.11. The SMILES string of the molecule is CCONC(=O)Cc1csc(-n2c(C)ccc2C)n1. The smallest absolute Gasteiger partial charge is 0.249 e. The van der Waals surface area contributed by atoms with Gasteiger partial charge in [-0.2, -0.15) is 0 Å².